The van der Waals surface area contributed by atoms with Crippen molar-refractivity contribution in [3.63, 3.8) is 0 Å². The maximum absolute atomic E-state index is 3.41. The highest BCUT2D eigenvalue weighted by Gasteiger charge is 2.07. The predicted octanol–water partition coefficient (Wildman–Crippen LogP) is 4.34. The molecular formula is C15H20Si. The van der Waals surface area contributed by atoms with Crippen LogP contribution in [0.4, 0.5) is 0 Å². The molecule has 0 bridgehead atoms. The molecule has 0 atom stereocenters. The average Bonchev–Trinajstić information content (AvgIpc) is 2.14. The molecule has 1 aromatic rings. The van der Waals surface area contributed by atoms with Gasteiger partial charge in [-0.1, -0.05) is 55.4 Å². The van der Waals surface area contributed by atoms with Crippen LogP contribution in [0.1, 0.15) is 25.0 Å². The van der Waals surface area contributed by atoms with E-state index < -0.39 is 8.07 Å². The first-order chi connectivity index (χ1) is 7.38. The van der Waals surface area contributed by atoms with Crippen LogP contribution in [-0.2, 0) is 0 Å². The molecule has 0 nitrogen and oxygen atoms in total. The number of allylic oxidation sites excluding steroid dienone is 1. The van der Waals surface area contributed by atoms with Gasteiger partial charge in [0.25, 0.3) is 0 Å². The molecule has 0 saturated carbocycles. The second-order valence-electron chi connectivity index (χ2n) is 5.31. The summed E-state index contributed by atoms with van der Waals surface area (Å²) in [7, 11) is -1.28. The molecule has 0 heterocycles. The van der Waals surface area contributed by atoms with Gasteiger partial charge in [-0.05, 0) is 25.5 Å². The summed E-state index contributed by atoms with van der Waals surface area (Å²) in [5.74, 6) is 3.33. The molecule has 0 aliphatic rings. The van der Waals surface area contributed by atoms with Gasteiger partial charge in [0, 0.05) is 5.56 Å². The lowest BCUT2D eigenvalue weighted by molar-refractivity contribution is 1.42. The number of rotatable bonds is 1. The summed E-state index contributed by atoms with van der Waals surface area (Å²) in [6.45, 7) is 11.0. The average molecular weight is 228 g/mol. The van der Waals surface area contributed by atoms with E-state index in [-0.39, 0.29) is 0 Å². The van der Waals surface area contributed by atoms with Crippen molar-refractivity contribution in [3.8, 4) is 11.5 Å². The molecule has 0 radical (unpaired) electrons. The van der Waals surface area contributed by atoms with Gasteiger partial charge in [-0.25, -0.2) is 0 Å². The number of hydrogen-bond acceptors (Lipinski definition) is 0. The van der Waals surface area contributed by atoms with Crippen LogP contribution in [0, 0.1) is 11.5 Å². The van der Waals surface area contributed by atoms with Crippen molar-refractivity contribution in [2.45, 2.75) is 33.5 Å². The molecule has 1 heteroatoms. The first kappa shape index (κ1) is 12.8. The summed E-state index contributed by atoms with van der Waals surface area (Å²) in [5, 5.41) is 0. The summed E-state index contributed by atoms with van der Waals surface area (Å²) in [5.41, 5.74) is 7.09. The third-order valence-electron chi connectivity index (χ3n) is 1.98. The lowest BCUT2D eigenvalue weighted by Crippen LogP contribution is -2.16. The molecule has 1 rings (SSSR count). The SMILES string of the molecule is CC(C)=Cc1ccccc1C#C[Si](C)(C)C. The summed E-state index contributed by atoms with van der Waals surface area (Å²) in [4.78, 5) is 0. The largest absolute Gasteiger partial charge is 0.129 e. The van der Waals surface area contributed by atoms with Gasteiger partial charge in [0.1, 0.15) is 8.07 Å². The van der Waals surface area contributed by atoms with E-state index in [9.17, 15) is 0 Å². The molecule has 0 unspecified atom stereocenters. The van der Waals surface area contributed by atoms with E-state index in [1.165, 1.54) is 11.1 Å². The van der Waals surface area contributed by atoms with Crippen molar-refractivity contribution >= 4 is 14.1 Å². The zero-order valence-corrected chi connectivity index (χ0v) is 11.9. The van der Waals surface area contributed by atoms with E-state index >= 15 is 0 Å². The van der Waals surface area contributed by atoms with Crippen LogP contribution in [0.25, 0.3) is 6.08 Å². The molecule has 0 spiro atoms. The minimum absolute atomic E-state index is 1.14. The van der Waals surface area contributed by atoms with Crippen LogP contribution in [0.3, 0.4) is 0 Å². The highest BCUT2D eigenvalue weighted by atomic mass is 28.3. The Bertz CT molecular complexity index is 446. The van der Waals surface area contributed by atoms with Crippen molar-refractivity contribution in [2.75, 3.05) is 0 Å². The maximum atomic E-state index is 3.41. The van der Waals surface area contributed by atoms with E-state index in [0.717, 1.165) is 5.56 Å². The second-order valence-corrected chi connectivity index (χ2v) is 10.1. The van der Waals surface area contributed by atoms with Gasteiger partial charge in [0.2, 0.25) is 0 Å². The third kappa shape index (κ3) is 4.50. The fraction of sp³-hybridized carbons (Fsp3) is 0.333. The zero-order valence-electron chi connectivity index (χ0n) is 10.9. The van der Waals surface area contributed by atoms with E-state index in [1.54, 1.807) is 0 Å². The lowest BCUT2D eigenvalue weighted by Gasteiger charge is -2.04. The van der Waals surface area contributed by atoms with Crippen LogP contribution >= 0.6 is 0 Å². The summed E-state index contributed by atoms with van der Waals surface area (Å²) < 4.78 is 0. The van der Waals surface area contributed by atoms with Gasteiger partial charge in [0.05, 0.1) is 0 Å². The molecule has 0 amide bonds. The van der Waals surface area contributed by atoms with Gasteiger partial charge in [-0.3, -0.25) is 0 Å². The molecule has 0 aliphatic heterocycles. The van der Waals surface area contributed by atoms with Crippen molar-refractivity contribution in [1.29, 1.82) is 0 Å². The van der Waals surface area contributed by atoms with Crippen LogP contribution in [0.2, 0.25) is 19.6 Å². The minimum Gasteiger partial charge on any atom is -0.127 e. The van der Waals surface area contributed by atoms with Gasteiger partial charge in [-0.2, -0.15) is 0 Å². The highest BCUT2D eigenvalue weighted by Crippen LogP contribution is 2.12. The Morgan fingerprint density at radius 3 is 2.31 bits per heavy atom. The summed E-state index contributed by atoms with van der Waals surface area (Å²) >= 11 is 0. The molecule has 84 valence electrons. The monoisotopic (exact) mass is 228 g/mol. The van der Waals surface area contributed by atoms with Crippen molar-refractivity contribution in [3.05, 3.63) is 41.0 Å². The third-order valence-corrected chi connectivity index (χ3v) is 2.85. The van der Waals surface area contributed by atoms with Crippen LogP contribution in [-0.4, -0.2) is 8.07 Å². The second kappa shape index (κ2) is 5.18. The van der Waals surface area contributed by atoms with Crippen molar-refractivity contribution in [2.24, 2.45) is 0 Å². The van der Waals surface area contributed by atoms with Crippen LogP contribution in [0.15, 0.2) is 29.8 Å². The quantitative estimate of drug-likeness (QED) is 0.495. The fourth-order valence-corrected chi connectivity index (χ4v) is 1.81. The molecule has 0 fully saturated rings. The number of hydrogen-bond donors (Lipinski definition) is 0. The van der Waals surface area contributed by atoms with E-state index in [1.807, 2.05) is 0 Å². The Morgan fingerprint density at radius 1 is 1.12 bits per heavy atom. The van der Waals surface area contributed by atoms with Crippen LogP contribution in [0.5, 0.6) is 0 Å². The van der Waals surface area contributed by atoms with Crippen molar-refractivity contribution < 1.29 is 0 Å². The van der Waals surface area contributed by atoms with Crippen molar-refractivity contribution in [1.82, 2.24) is 0 Å². The van der Waals surface area contributed by atoms with Gasteiger partial charge in [0.15, 0.2) is 0 Å². The molecule has 0 aromatic heterocycles. The Kier molecular flexibility index (Phi) is 4.15. The molecule has 1 aromatic carbocycles. The van der Waals surface area contributed by atoms with Crippen LogP contribution < -0.4 is 0 Å². The topological polar surface area (TPSA) is 0 Å². The predicted molar refractivity (Wildman–Crippen MR) is 76.0 cm³/mol. The fourth-order valence-electron chi connectivity index (χ4n) is 1.30. The Morgan fingerprint density at radius 2 is 1.75 bits per heavy atom. The number of benzene rings is 1. The normalized spacial score (nSPS) is 10.3. The minimum atomic E-state index is -1.28. The zero-order chi connectivity index (χ0) is 12.2. The van der Waals surface area contributed by atoms with Gasteiger partial charge >= 0.3 is 0 Å². The standard InChI is InChI=1S/C15H20Si/c1-13(2)12-15-9-7-6-8-14(15)10-11-16(3,4)5/h6-9,12H,1-5H3. The van der Waals surface area contributed by atoms with E-state index in [0.29, 0.717) is 0 Å². The first-order valence-electron chi connectivity index (χ1n) is 5.65. The Balaban J connectivity index is 3.13. The smallest absolute Gasteiger partial charge is 0.127 e. The maximum Gasteiger partial charge on any atom is 0.129 e. The lowest BCUT2D eigenvalue weighted by atomic mass is 10.1. The van der Waals surface area contributed by atoms with E-state index in [4.69, 9.17) is 0 Å². The van der Waals surface area contributed by atoms with Gasteiger partial charge in [-0.15, -0.1) is 5.54 Å². The first-order valence-corrected chi connectivity index (χ1v) is 9.15. The van der Waals surface area contributed by atoms with E-state index in [2.05, 4.69) is 75.3 Å². The molecule has 0 N–H and O–H groups in total. The molecule has 0 aliphatic carbocycles. The summed E-state index contributed by atoms with van der Waals surface area (Å²) in [6, 6.07) is 8.34. The Hall–Kier alpha value is -1.26. The summed E-state index contributed by atoms with van der Waals surface area (Å²) in [6.07, 6.45) is 2.19. The highest BCUT2D eigenvalue weighted by molar-refractivity contribution is 6.83. The molecule has 0 saturated heterocycles. The Labute approximate surface area is 100 Å². The van der Waals surface area contributed by atoms with Gasteiger partial charge < -0.3 is 0 Å². The molecule has 16 heavy (non-hydrogen) atoms. The molecular weight excluding hydrogens is 208 g/mol.